The summed E-state index contributed by atoms with van der Waals surface area (Å²) >= 11 is 0. The molecule has 0 aromatic heterocycles. The molecule has 0 aromatic rings. The van der Waals surface area contributed by atoms with E-state index < -0.39 is 0 Å². The van der Waals surface area contributed by atoms with E-state index in [4.69, 9.17) is 9.84 Å². The number of aliphatic hydroxyl groups excluding tert-OH is 1. The van der Waals surface area contributed by atoms with Crippen molar-refractivity contribution >= 4 is 5.97 Å². The summed E-state index contributed by atoms with van der Waals surface area (Å²) < 4.78 is 5.38. The van der Waals surface area contributed by atoms with Crippen LogP contribution in [0.1, 0.15) is 77.6 Å². The van der Waals surface area contributed by atoms with E-state index in [1.54, 1.807) is 0 Å². The van der Waals surface area contributed by atoms with Gasteiger partial charge in [-0.05, 0) is 50.9 Å². The van der Waals surface area contributed by atoms with Crippen LogP contribution >= 0.6 is 0 Å². The summed E-state index contributed by atoms with van der Waals surface area (Å²) in [6, 6.07) is 0. The maximum absolute atomic E-state index is 11.9. The van der Waals surface area contributed by atoms with E-state index in [-0.39, 0.29) is 18.5 Å². The molecule has 0 bridgehead atoms. The lowest BCUT2D eigenvalue weighted by atomic mass is 9.80. The molecule has 0 aliphatic heterocycles. The minimum Gasteiger partial charge on any atom is -0.465 e. The molecule has 0 heterocycles. The van der Waals surface area contributed by atoms with Crippen molar-refractivity contribution in [3.05, 3.63) is 0 Å². The molecule has 0 saturated heterocycles. The van der Waals surface area contributed by atoms with Gasteiger partial charge in [-0.2, -0.15) is 0 Å². The van der Waals surface area contributed by atoms with Crippen molar-refractivity contribution in [2.75, 3.05) is 13.2 Å². The number of hydrogen-bond acceptors (Lipinski definition) is 3. The van der Waals surface area contributed by atoms with Crippen molar-refractivity contribution in [3.63, 3.8) is 0 Å². The fraction of sp³-hybridized carbons (Fsp3) is 0.941. The van der Waals surface area contributed by atoms with Gasteiger partial charge >= 0.3 is 5.97 Å². The summed E-state index contributed by atoms with van der Waals surface area (Å²) in [6.07, 6.45) is 12.2. The van der Waals surface area contributed by atoms with E-state index >= 15 is 0 Å². The quantitative estimate of drug-likeness (QED) is 0.486. The van der Waals surface area contributed by atoms with Gasteiger partial charge in [0.15, 0.2) is 0 Å². The Labute approximate surface area is 124 Å². The van der Waals surface area contributed by atoms with Gasteiger partial charge in [0.25, 0.3) is 0 Å². The third-order valence-electron chi connectivity index (χ3n) is 4.44. The van der Waals surface area contributed by atoms with E-state index in [1.807, 2.05) is 0 Å². The largest absolute Gasteiger partial charge is 0.465 e. The number of carbonyl (C=O) groups is 1. The van der Waals surface area contributed by atoms with Crippen LogP contribution in [0.4, 0.5) is 0 Å². The average Bonchev–Trinajstić information content (AvgIpc) is 2.49. The highest BCUT2D eigenvalue weighted by Crippen LogP contribution is 2.32. The van der Waals surface area contributed by atoms with Crippen LogP contribution in [-0.2, 0) is 9.53 Å². The summed E-state index contributed by atoms with van der Waals surface area (Å²) in [5.74, 6) is 1.03. The summed E-state index contributed by atoms with van der Waals surface area (Å²) in [7, 11) is 0. The fourth-order valence-electron chi connectivity index (χ4n) is 3.04. The maximum atomic E-state index is 11.9. The van der Waals surface area contributed by atoms with E-state index in [1.165, 1.54) is 32.1 Å². The van der Waals surface area contributed by atoms with Gasteiger partial charge in [0.05, 0.1) is 12.5 Å². The molecule has 1 aliphatic rings. The van der Waals surface area contributed by atoms with Crippen LogP contribution in [-0.4, -0.2) is 24.3 Å². The highest BCUT2D eigenvalue weighted by Gasteiger charge is 2.26. The SMILES string of the molecule is CCCCC1CCC(C(=O)OCCCCCCO)CC1. The first-order valence-electron chi connectivity index (χ1n) is 8.55. The second-order valence-electron chi connectivity index (χ2n) is 6.17. The molecule has 118 valence electrons. The smallest absolute Gasteiger partial charge is 0.308 e. The van der Waals surface area contributed by atoms with Crippen LogP contribution in [0, 0.1) is 11.8 Å². The Kier molecular flexibility index (Phi) is 9.73. The summed E-state index contributed by atoms with van der Waals surface area (Å²) in [5, 5.41) is 8.67. The van der Waals surface area contributed by atoms with Gasteiger partial charge in [0, 0.05) is 6.61 Å². The molecule has 20 heavy (non-hydrogen) atoms. The lowest BCUT2D eigenvalue weighted by molar-refractivity contribution is -0.150. The Hall–Kier alpha value is -0.570. The molecule has 3 nitrogen and oxygen atoms in total. The van der Waals surface area contributed by atoms with Crippen LogP contribution in [0.25, 0.3) is 0 Å². The third kappa shape index (κ3) is 7.28. The highest BCUT2D eigenvalue weighted by molar-refractivity contribution is 5.72. The highest BCUT2D eigenvalue weighted by atomic mass is 16.5. The number of rotatable bonds is 10. The molecular formula is C17H32O3. The Morgan fingerprint density at radius 1 is 1.05 bits per heavy atom. The lowest BCUT2D eigenvalue weighted by Gasteiger charge is -2.27. The molecule has 0 radical (unpaired) electrons. The topological polar surface area (TPSA) is 46.5 Å². The third-order valence-corrected chi connectivity index (χ3v) is 4.44. The summed E-state index contributed by atoms with van der Waals surface area (Å²) in [6.45, 7) is 3.06. The second kappa shape index (κ2) is 11.1. The molecule has 1 aliphatic carbocycles. The first kappa shape index (κ1) is 17.5. The van der Waals surface area contributed by atoms with Crippen molar-refractivity contribution in [1.29, 1.82) is 0 Å². The predicted molar refractivity (Wildman–Crippen MR) is 81.5 cm³/mol. The molecule has 3 heteroatoms. The molecule has 1 saturated carbocycles. The zero-order valence-corrected chi connectivity index (χ0v) is 13.1. The summed E-state index contributed by atoms with van der Waals surface area (Å²) in [4.78, 5) is 11.9. The molecular weight excluding hydrogens is 252 g/mol. The van der Waals surface area contributed by atoms with Crippen LogP contribution in [0.5, 0.6) is 0 Å². The molecule has 0 amide bonds. The van der Waals surface area contributed by atoms with Crippen molar-refractivity contribution in [2.45, 2.75) is 77.6 Å². The molecule has 0 aromatic carbocycles. The first-order valence-corrected chi connectivity index (χ1v) is 8.55. The average molecular weight is 284 g/mol. The van der Waals surface area contributed by atoms with Gasteiger partial charge in [0.1, 0.15) is 0 Å². The van der Waals surface area contributed by atoms with Gasteiger partial charge in [0.2, 0.25) is 0 Å². The monoisotopic (exact) mass is 284 g/mol. The molecule has 0 atom stereocenters. The molecule has 1 fully saturated rings. The van der Waals surface area contributed by atoms with Crippen molar-refractivity contribution < 1.29 is 14.6 Å². The van der Waals surface area contributed by atoms with E-state index in [2.05, 4.69) is 6.92 Å². The Balaban J connectivity index is 2.04. The van der Waals surface area contributed by atoms with Crippen LogP contribution in [0.15, 0.2) is 0 Å². The summed E-state index contributed by atoms with van der Waals surface area (Å²) in [5.41, 5.74) is 0. The zero-order chi connectivity index (χ0) is 14.6. The number of aliphatic hydroxyl groups is 1. The van der Waals surface area contributed by atoms with Crippen molar-refractivity contribution in [1.82, 2.24) is 0 Å². The van der Waals surface area contributed by atoms with Gasteiger partial charge in [-0.3, -0.25) is 4.79 Å². The second-order valence-corrected chi connectivity index (χ2v) is 6.17. The Morgan fingerprint density at radius 3 is 2.40 bits per heavy atom. The Bertz CT molecular complexity index is 245. The molecule has 1 rings (SSSR count). The van der Waals surface area contributed by atoms with Crippen molar-refractivity contribution in [2.24, 2.45) is 11.8 Å². The fourth-order valence-corrected chi connectivity index (χ4v) is 3.04. The van der Waals surface area contributed by atoms with E-state index in [9.17, 15) is 4.79 Å². The molecule has 0 spiro atoms. The van der Waals surface area contributed by atoms with Crippen LogP contribution < -0.4 is 0 Å². The van der Waals surface area contributed by atoms with Crippen LogP contribution in [0.3, 0.4) is 0 Å². The minimum atomic E-state index is 0.0288. The standard InChI is InChI=1S/C17H32O3/c1-2-3-8-15-9-11-16(12-10-15)17(19)20-14-7-5-4-6-13-18/h15-16,18H,2-14H2,1H3. The van der Waals surface area contributed by atoms with Gasteiger partial charge in [-0.1, -0.05) is 32.6 Å². The number of unbranched alkanes of at least 4 members (excludes halogenated alkanes) is 4. The predicted octanol–water partition coefficient (Wildman–Crippen LogP) is 4.08. The Morgan fingerprint density at radius 2 is 1.75 bits per heavy atom. The molecule has 1 N–H and O–H groups in total. The minimum absolute atomic E-state index is 0.0288. The number of esters is 1. The lowest BCUT2D eigenvalue weighted by Crippen LogP contribution is -2.24. The zero-order valence-electron chi connectivity index (χ0n) is 13.1. The maximum Gasteiger partial charge on any atom is 0.308 e. The number of carbonyl (C=O) groups excluding carboxylic acids is 1. The first-order chi connectivity index (χ1) is 9.77. The normalized spacial score (nSPS) is 22.7. The van der Waals surface area contributed by atoms with E-state index in [0.29, 0.717) is 6.61 Å². The van der Waals surface area contributed by atoms with Crippen LogP contribution in [0.2, 0.25) is 0 Å². The number of hydrogen-bond donors (Lipinski definition) is 1. The molecule has 0 unspecified atom stereocenters. The van der Waals surface area contributed by atoms with E-state index in [0.717, 1.165) is 44.4 Å². The van der Waals surface area contributed by atoms with Gasteiger partial charge in [-0.25, -0.2) is 0 Å². The number of ether oxygens (including phenoxy) is 1. The van der Waals surface area contributed by atoms with Gasteiger partial charge in [-0.15, -0.1) is 0 Å². The van der Waals surface area contributed by atoms with Gasteiger partial charge < -0.3 is 9.84 Å². The van der Waals surface area contributed by atoms with Crippen molar-refractivity contribution in [3.8, 4) is 0 Å².